The van der Waals surface area contributed by atoms with E-state index in [0.29, 0.717) is 0 Å². The number of hydrogen-bond acceptors (Lipinski definition) is 4. The lowest BCUT2D eigenvalue weighted by molar-refractivity contribution is -0.252. The first-order chi connectivity index (χ1) is 7.74. The van der Waals surface area contributed by atoms with Crippen LogP contribution < -0.4 is 0 Å². The highest BCUT2D eigenvalue weighted by Crippen LogP contribution is 2.49. The molecule has 0 radical (unpaired) electrons. The van der Waals surface area contributed by atoms with Gasteiger partial charge < -0.3 is 14.2 Å². The average molecular weight is 222 g/mol. The normalized spacial score (nSPS) is 42.2. The summed E-state index contributed by atoms with van der Waals surface area (Å²) in [5, 5.41) is 0. The summed E-state index contributed by atoms with van der Waals surface area (Å²) >= 11 is 0. The highest BCUT2D eigenvalue weighted by molar-refractivity contribution is 5.93. The van der Waals surface area contributed by atoms with Gasteiger partial charge in [0.25, 0.3) is 0 Å². The lowest BCUT2D eigenvalue weighted by Crippen LogP contribution is -2.63. The van der Waals surface area contributed by atoms with E-state index in [1.165, 1.54) is 14.2 Å². The van der Waals surface area contributed by atoms with Crippen molar-refractivity contribution in [3.05, 3.63) is 24.5 Å². The lowest BCUT2D eigenvalue weighted by atomic mass is 9.63. The van der Waals surface area contributed by atoms with Crippen molar-refractivity contribution in [1.82, 2.24) is 0 Å². The standard InChI is InChI=1S/C12H14O4/c1-14-12(15-2)9-4-3-8(11(12)13)7-5-6-16-10(7)9/h3-10H,1-2H3/t7-,8+,9-,10-/m1/s1. The third kappa shape index (κ3) is 0.942. The van der Waals surface area contributed by atoms with Crippen molar-refractivity contribution in [2.75, 3.05) is 14.2 Å². The topological polar surface area (TPSA) is 44.8 Å². The van der Waals surface area contributed by atoms with Crippen molar-refractivity contribution in [2.45, 2.75) is 11.9 Å². The van der Waals surface area contributed by atoms with Gasteiger partial charge in [0.15, 0.2) is 5.78 Å². The Morgan fingerprint density at radius 1 is 1.25 bits per heavy atom. The first kappa shape index (κ1) is 10.1. The van der Waals surface area contributed by atoms with Crippen LogP contribution in [0.2, 0.25) is 0 Å². The van der Waals surface area contributed by atoms with Crippen molar-refractivity contribution in [3.8, 4) is 0 Å². The number of Topliss-reactive ketones (excluding diaryl/α,β-unsaturated/α-hetero) is 1. The summed E-state index contributed by atoms with van der Waals surface area (Å²) in [6, 6.07) is 0. The first-order valence-corrected chi connectivity index (χ1v) is 5.39. The third-order valence-corrected chi connectivity index (χ3v) is 3.90. The van der Waals surface area contributed by atoms with E-state index in [2.05, 4.69) is 0 Å². The van der Waals surface area contributed by atoms with E-state index in [1.807, 2.05) is 18.2 Å². The number of carbonyl (C=O) groups excluding carboxylic acids is 1. The zero-order valence-electron chi connectivity index (χ0n) is 9.25. The van der Waals surface area contributed by atoms with Crippen LogP contribution in [-0.2, 0) is 19.0 Å². The molecule has 1 heterocycles. The Kier molecular flexibility index (Phi) is 2.00. The summed E-state index contributed by atoms with van der Waals surface area (Å²) in [6.45, 7) is 0. The molecule has 0 saturated heterocycles. The maximum Gasteiger partial charge on any atom is 0.239 e. The zero-order chi connectivity index (χ0) is 11.3. The number of carbonyl (C=O) groups is 1. The van der Waals surface area contributed by atoms with Gasteiger partial charge in [-0.25, -0.2) is 0 Å². The number of ketones is 1. The van der Waals surface area contributed by atoms with Gasteiger partial charge in [-0.05, 0) is 6.08 Å². The van der Waals surface area contributed by atoms with E-state index < -0.39 is 5.79 Å². The van der Waals surface area contributed by atoms with E-state index in [-0.39, 0.29) is 29.6 Å². The molecule has 0 aromatic heterocycles. The molecule has 0 aromatic carbocycles. The molecule has 0 amide bonds. The van der Waals surface area contributed by atoms with Crippen molar-refractivity contribution < 1.29 is 19.0 Å². The number of methoxy groups -OCH3 is 2. The molecule has 1 fully saturated rings. The van der Waals surface area contributed by atoms with Gasteiger partial charge in [-0.2, -0.15) is 0 Å². The molecule has 4 aliphatic rings. The molecule has 0 unspecified atom stereocenters. The molecular weight excluding hydrogens is 208 g/mol. The van der Waals surface area contributed by atoms with Gasteiger partial charge in [0, 0.05) is 20.1 Å². The lowest BCUT2D eigenvalue weighted by Gasteiger charge is -2.49. The van der Waals surface area contributed by atoms with Gasteiger partial charge in [0.05, 0.1) is 18.1 Å². The maximum atomic E-state index is 12.3. The van der Waals surface area contributed by atoms with E-state index in [1.54, 1.807) is 6.26 Å². The number of hydrogen-bond donors (Lipinski definition) is 0. The molecule has 1 aliphatic heterocycles. The smallest absolute Gasteiger partial charge is 0.239 e. The molecule has 3 aliphatic carbocycles. The van der Waals surface area contributed by atoms with E-state index in [4.69, 9.17) is 14.2 Å². The highest BCUT2D eigenvalue weighted by Gasteiger charge is 2.62. The van der Waals surface area contributed by atoms with Crippen LogP contribution in [0.25, 0.3) is 0 Å². The van der Waals surface area contributed by atoms with E-state index in [0.717, 1.165) is 0 Å². The first-order valence-electron chi connectivity index (χ1n) is 5.39. The number of allylic oxidation sites excluding steroid dienone is 1. The highest BCUT2D eigenvalue weighted by atomic mass is 16.7. The molecule has 0 aromatic rings. The molecule has 4 heteroatoms. The largest absolute Gasteiger partial charge is 0.497 e. The van der Waals surface area contributed by atoms with Crippen LogP contribution in [0.15, 0.2) is 24.5 Å². The Morgan fingerprint density at radius 2 is 2.00 bits per heavy atom. The predicted molar refractivity (Wildman–Crippen MR) is 55.4 cm³/mol. The molecule has 0 N–H and O–H groups in total. The SMILES string of the molecule is COC1(OC)C(=O)[C@H]2C=C[C@@H]1[C@@H]1OC=C[C@@H]12. The summed E-state index contributed by atoms with van der Waals surface area (Å²) in [7, 11) is 3.01. The average Bonchev–Trinajstić information content (AvgIpc) is 2.80. The zero-order valence-corrected chi connectivity index (χ0v) is 9.25. The number of fused-ring (bicyclic) bond motifs is 1. The van der Waals surface area contributed by atoms with E-state index in [9.17, 15) is 4.79 Å². The second-order valence-corrected chi connectivity index (χ2v) is 4.38. The van der Waals surface area contributed by atoms with Crippen LogP contribution in [0.4, 0.5) is 0 Å². The molecule has 0 spiro atoms. The van der Waals surface area contributed by atoms with Crippen LogP contribution >= 0.6 is 0 Å². The maximum absolute atomic E-state index is 12.3. The van der Waals surface area contributed by atoms with Crippen molar-refractivity contribution in [3.63, 3.8) is 0 Å². The Labute approximate surface area is 93.9 Å². The number of ether oxygens (including phenoxy) is 3. The molecule has 16 heavy (non-hydrogen) atoms. The molecule has 4 nitrogen and oxygen atoms in total. The quantitative estimate of drug-likeness (QED) is 0.514. The van der Waals surface area contributed by atoms with Gasteiger partial charge in [-0.3, -0.25) is 4.79 Å². The minimum absolute atomic E-state index is 0.00130. The van der Waals surface area contributed by atoms with Crippen molar-refractivity contribution in [1.29, 1.82) is 0 Å². The summed E-state index contributed by atoms with van der Waals surface area (Å²) in [6.07, 6.45) is 7.53. The van der Waals surface area contributed by atoms with E-state index >= 15 is 0 Å². The van der Waals surface area contributed by atoms with Crippen LogP contribution in [0.1, 0.15) is 0 Å². The molecule has 86 valence electrons. The van der Waals surface area contributed by atoms with Crippen LogP contribution in [-0.4, -0.2) is 31.9 Å². The summed E-state index contributed by atoms with van der Waals surface area (Å²) < 4.78 is 16.3. The molecule has 2 bridgehead atoms. The van der Waals surface area contributed by atoms with Gasteiger partial charge in [0.2, 0.25) is 5.79 Å². The fraction of sp³-hybridized carbons (Fsp3) is 0.583. The minimum atomic E-state index is -1.16. The van der Waals surface area contributed by atoms with Gasteiger partial charge in [-0.15, -0.1) is 0 Å². The second kappa shape index (κ2) is 3.18. The predicted octanol–water partition coefficient (Wildman–Crippen LogP) is 0.889. The fourth-order valence-corrected chi connectivity index (χ4v) is 3.11. The Bertz CT molecular complexity index is 380. The summed E-state index contributed by atoms with van der Waals surface area (Å²) in [5.41, 5.74) is 0. The molecular formula is C12H14O4. The van der Waals surface area contributed by atoms with Crippen LogP contribution in [0.5, 0.6) is 0 Å². The van der Waals surface area contributed by atoms with Gasteiger partial charge in [0.1, 0.15) is 6.10 Å². The Balaban J connectivity index is 2.08. The van der Waals surface area contributed by atoms with Gasteiger partial charge >= 0.3 is 0 Å². The minimum Gasteiger partial charge on any atom is -0.497 e. The fourth-order valence-electron chi connectivity index (χ4n) is 3.11. The van der Waals surface area contributed by atoms with Crippen molar-refractivity contribution in [2.24, 2.45) is 17.8 Å². The monoisotopic (exact) mass is 222 g/mol. The molecule has 4 rings (SSSR count). The second-order valence-electron chi connectivity index (χ2n) is 4.38. The third-order valence-electron chi connectivity index (χ3n) is 3.90. The summed E-state index contributed by atoms with van der Waals surface area (Å²) in [4.78, 5) is 12.3. The molecule has 1 saturated carbocycles. The van der Waals surface area contributed by atoms with Gasteiger partial charge in [-0.1, -0.05) is 12.2 Å². The summed E-state index contributed by atoms with van der Waals surface area (Å²) in [5.74, 6) is -1.37. The van der Waals surface area contributed by atoms with Crippen LogP contribution in [0.3, 0.4) is 0 Å². The van der Waals surface area contributed by atoms with Crippen LogP contribution in [0, 0.1) is 17.8 Å². The molecule has 4 atom stereocenters. The Hall–Kier alpha value is -1.13. The Morgan fingerprint density at radius 3 is 2.69 bits per heavy atom. The number of rotatable bonds is 2. The van der Waals surface area contributed by atoms with Crippen molar-refractivity contribution >= 4 is 5.78 Å².